The van der Waals surface area contributed by atoms with Gasteiger partial charge in [-0.05, 0) is 24.6 Å². The molecule has 0 aliphatic carbocycles. The van der Waals surface area contributed by atoms with Crippen LogP contribution in [0.15, 0.2) is 65.0 Å². The smallest absolute Gasteiger partial charge is 0.262 e. The number of fused-ring (bicyclic) bond motifs is 2. The van der Waals surface area contributed by atoms with Crippen LogP contribution in [0.1, 0.15) is 12.0 Å². The average molecular weight is 462 g/mol. The Kier molecular flexibility index (Phi) is 5.83. The quantitative estimate of drug-likeness (QED) is 0.473. The number of thiophene rings is 1. The van der Waals surface area contributed by atoms with E-state index in [0.29, 0.717) is 34.9 Å². The number of hydrogen-bond donors (Lipinski definition) is 1. The van der Waals surface area contributed by atoms with Gasteiger partial charge in [0.15, 0.2) is 11.5 Å². The van der Waals surface area contributed by atoms with Crippen molar-refractivity contribution in [2.75, 3.05) is 13.2 Å². The van der Waals surface area contributed by atoms with Gasteiger partial charge in [-0.3, -0.25) is 14.2 Å². The zero-order valence-corrected chi connectivity index (χ0v) is 18.9. The maximum Gasteiger partial charge on any atom is 0.262 e. The molecule has 0 saturated heterocycles. The van der Waals surface area contributed by atoms with Crippen molar-refractivity contribution in [3.05, 3.63) is 76.2 Å². The first-order valence-electron chi connectivity index (χ1n) is 10.8. The largest absolute Gasteiger partial charge is 0.486 e. The lowest BCUT2D eigenvalue weighted by Crippen LogP contribution is -2.41. The van der Waals surface area contributed by atoms with Gasteiger partial charge in [-0.15, -0.1) is 11.3 Å². The number of aromatic nitrogens is 2. The summed E-state index contributed by atoms with van der Waals surface area (Å²) in [5.74, 6) is 1.23. The van der Waals surface area contributed by atoms with Gasteiger partial charge < -0.3 is 14.8 Å². The van der Waals surface area contributed by atoms with Crippen LogP contribution in [0.5, 0.6) is 11.5 Å². The molecular weight excluding hydrogens is 438 g/mol. The highest BCUT2D eigenvalue weighted by Gasteiger charge is 2.21. The minimum absolute atomic E-state index is 0.134. The van der Waals surface area contributed by atoms with Crippen LogP contribution in [0.2, 0.25) is 0 Å². The monoisotopic (exact) mass is 461 g/mol. The first-order chi connectivity index (χ1) is 16.1. The third-order valence-corrected chi connectivity index (χ3v) is 6.48. The fraction of sp³-hybridized carbons (Fsp3) is 0.240. The summed E-state index contributed by atoms with van der Waals surface area (Å²) in [4.78, 5) is 30.7. The molecule has 1 amide bonds. The van der Waals surface area contributed by atoms with Crippen molar-refractivity contribution in [1.82, 2.24) is 14.9 Å². The Balaban J connectivity index is 1.23. The molecule has 0 radical (unpaired) electrons. The minimum Gasteiger partial charge on any atom is -0.486 e. The van der Waals surface area contributed by atoms with Crippen molar-refractivity contribution in [3.8, 4) is 22.6 Å². The molecule has 2 aromatic carbocycles. The number of ether oxygens (including phenoxy) is 2. The Hall–Kier alpha value is -3.65. The van der Waals surface area contributed by atoms with Crippen LogP contribution >= 0.6 is 11.3 Å². The number of carbonyl (C=O) groups is 1. The number of nitrogens with one attached hydrogen (secondary N) is 1. The summed E-state index contributed by atoms with van der Waals surface area (Å²) in [5, 5.41) is 5.43. The van der Waals surface area contributed by atoms with Crippen molar-refractivity contribution in [2.24, 2.45) is 0 Å². The molecule has 5 rings (SSSR count). The molecule has 168 valence electrons. The predicted molar refractivity (Wildman–Crippen MR) is 128 cm³/mol. The van der Waals surface area contributed by atoms with Gasteiger partial charge in [0.05, 0.1) is 18.3 Å². The molecule has 1 unspecified atom stereocenters. The number of para-hydroxylation sites is 2. The van der Waals surface area contributed by atoms with E-state index in [4.69, 9.17) is 9.47 Å². The van der Waals surface area contributed by atoms with E-state index in [1.54, 1.807) is 0 Å². The fourth-order valence-electron chi connectivity index (χ4n) is 3.77. The van der Waals surface area contributed by atoms with E-state index >= 15 is 0 Å². The van der Waals surface area contributed by atoms with Gasteiger partial charge >= 0.3 is 0 Å². The second-order valence-corrected chi connectivity index (χ2v) is 8.85. The maximum atomic E-state index is 13.1. The Morgan fingerprint density at radius 1 is 1.18 bits per heavy atom. The molecule has 7 nitrogen and oxygen atoms in total. The van der Waals surface area contributed by atoms with Crippen LogP contribution in [0.4, 0.5) is 0 Å². The second-order valence-electron chi connectivity index (χ2n) is 7.99. The van der Waals surface area contributed by atoms with Crippen molar-refractivity contribution < 1.29 is 14.3 Å². The van der Waals surface area contributed by atoms with Gasteiger partial charge in [-0.1, -0.05) is 42.0 Å². The zero-order valence-electron chi connectivity index (χ0n) is 18.1. The van der Waals surface area contributed by atoms with Crippen molar-refractivity contribution in [3.63, 3.8) is 0 Å². The molecular formula is C25H23N3O4S. The summed E-state index contributed by atoms with van der Waals surface area (Å²) in [7, 11) is 0. The van der Waals surface area contributed by atoms with Crippen LogP contribution in [0.3, 0.4) is 0 Å². The number of benzene rings is 2. The molecule has 1 aliphatic rings. The number of rotatable bonds is 6. The first kappa shape index (κ1) is 21.2. The Morgan fingerprint density at radius 2 is 1.97 bits per heavy atom. The number of aryl methyl sites for hydroxylation is 2. The molecule has 0 saturated carbocycles. The first-order valence-corrected chi connectivity index (χ1v) is 11.7. The van der Waals surface area contributed by atoms with Crippen LogP contribution in [-0.2, 0) is 11.3 Å². The lowest BCUT2D eigenvalue weighted by Gasteiger charge is -2.26. The average Bonchev–Trinajstić information content (AvgIpc) is 3.27. The third kappa shape index (κ3) is 4.47. The fourth-order valence-corrected chi connectivity index (χ4v) is 4.68. The van der Waals surface area contributed by atoms with Gasteiger partial charge in [0.25, 0.3) is 5.56 Å². The number of amides is 1. The SMILES string of the molecule is Cc1ccc(-c2csc3ncn(CCC(=O)NCC4COc5ccccc5O4)c(=O)c23)cc1. The lowest BCUT2D eigenvalue weighted by atomic mass is 10.1. The van der Waals surface area contributed by atoms with E-state index in [-0.39, 0.29) is 30.5 Å². The summed E-state index contributed by atoms with van der Waals surface area (Å²) in [6, 6.07) is 15.5. The summed E-state index contributed by atoms with van der Waals surface area (Å²) in [6.45, 7) is 2.99. The van der Waals surface area contributed by atoms with Crippen LogP contribution in [0.25, 0.3) is 21.3 Å². The van der Waals surface area contributed by atoms with Crippen LogP contribution in [-0.4, -0.2) is 34.7 Å². The second kappa shape index (κ2) is 9.07. The van der Waals surface area contributed by atoms with E-state index in [1.165, 1.54) is 22.2 Å². The van der Waals surface area contributed by atoms with Gasteiger partial charge in [0.2, 0.25) is 5.91 Å². The van der Waals surface area contributed by atoms with Crippen molar-refractivity contribution in [2.45, 2.75) is 26.0 Å². The molecule has 2 aromatic heterocycles. The summed E-state index contributed by atoms with van der Waals surface area (Å²) in [6.07, 6.45) is 1.43. The van der Waals surface area contributed by atoms with Crippen molar-refractivity contribution >= 4 is 27.5 Å². The van der Waals surface area contributed by atoms with E-state index in [2.05, 4.69) is 10.3 Å². The minimum atomic E-state index is -0.257. The van der Waals surface area contributed by atoms with Gasteiger partial charge in [-0.25, -0.2) is 4.98 Å². The number of nitrogens with zero attached hydrogens (tertiary/aromatic N) is 2. The van der Waals surface area contributed by atoms with Gasteiger partial charge in [0.1, 0.15) is 17.5 Å². The van der Waals surface area contributed by atoms with E-state index in [9.17, 15) is 9.59 Å². The Labute approximate surface area is 194 Å². The van der Waals surface area contributed by atoms with Crippen LogP contribution < -0.4 is 20.3 Å². The highest BCUT2D eigenvalue weighted by Crippen LogP contribution is 2.31. The predicted octanol–water partition coefficient (Wildman–Crippen LogP) is 3.78. The maximum absolute atomic E-state index is 13.1. The Morgan fingerprint density at radius 3 is 2.79 bits per heavy atom. The summed E-state index contributed by atoms with van der Waals surface area (Å²) in [5.41, 5.74) is 2.89. The molecule has 0 spiro atoms. The van der Waals surface area contributed by atoms with E-state index in [1.807, 2.05) is 60.8 Å². The summed E-state index contributed by atoms with van der Waals surface area (Å²) < 4.78 is 13.0. The molecule has 0 fully saturated rings. The summed E-state index contributed by atoms with van der Waals surface area (Å²) >= 11 is 1.45. The topological polar surface area (TPSA) is 82.5 Å². The normalized spacial score (nSPS) is 14.9. The van der Waals surface area contributed by atoms with Crippen molar-refractivity contribution in [1.29, 1.82) is 0 Å². The zero-order chi connectivity index (χ0) is 22.8. The molecule has 1 atom stereocenters. The molecule has 33 heavy (non-hydrogen) atoms. The molecule has 1 N–H and O–H groups in total. The third-order valence-electron chi connectivity index (χ3n) is 5.60. The van der Waals surface area contributed by atoms with Crippen LogP contribution in [0, 0.1) is 6.92 Å². The number of carbonyl (C=O) groups excluding carboxylic acids is 1. The highest BCUT2D eigenvalue weighted by atomic mass is 32.1. The molecule has 0 bridgehead atoms. The van der Waals surface area contributed by atoms with Gasteiger partial charge in [-0.2, -0.15) is 0 Å². The molecule has 4 aromatic rings. The highest BCUT2D eigenvalue weighted by molar-refractivity contribution is 7.17. The molecule has 1 aliphatic heterocycles. The lowest BCUT2D eigenvalue weighted by molar-refractivity contribution is -0.121. The molecule has 3 heterocycles. The number of hydrogen-bond acceptors (Lipinski definition) is 6. The van der Waals surface area contributed by atoms with Gasteiger partial charge in [0, 0.05) is 23.9 Å². The van der Waals surface area contributed by atoms with E-state index in [0.717, 1.165) is 16.7 Å². The van der Waals surface area contributed by atoms with E-state index < -0.39 is 0 Å². The Bertz CT molecular complexity index is 1360. The standard InChI is InChI=1S/C25H23N3O4S/c1-16-6-8-17(9-7-16)19-14-33-24-23(19)25(30)28(15-27-24)11-10-22(29)26-12-18-13-31-20-4-2-3-5-21(20)32-18/h2-9,14-15,18H,10-13H2,1H3,(H,26,29). The molecule has 8 heteroatoms.